The van der Waals surface area contributed by atoms with E-state index in [2.05, 4.69) is 17.2 Å². The highest BCUT2D eigenvalue weighted by Gasteiger charge is 2.40. The van der Waals surface area contributed by atoms with E-state index >= 15 is 0 Å². The van der Waals surface area contributed by atoms with Gasteiger partial charge in [0.1, 0.15) is 0 Å². The smallest absolute Gasteiger partial charge is 0.223 e. The monoisotopic (exact) mass is 326 g/mol. The number of nitrogens with two attached hydrogens (primary N) is 1. The Labute approximate surface area is 140 Å². The molecule has 3 N–H and O–H groups in total. The Morgan fingerprint density at radius 3 is 2.88 bits per heavy atom. The lowest BCUT2D eigenvalue weighted by atomic mass is 9.75. The van der Waals surface area contributed by atoms with Gasteiger partial charge in [0.2, 0.25) is 5.91 Å². The molecule has 1 unspecified atom stereocenters. The van der Waals surface area contributed by atoms with Crippen molar-refractivity contribution in [2.45, 2.75) is 37.6 Å². The summed E-state index contributed by atoms with van der Waals surface area (Å²) in [6.07, 6.45) is 4.16. The van der Waals surface area contributed by atoms with E-state index in [0.29, 0.717) is 25.9 Å². The van der Waals surface area contributed by atoms with Gasteiger partial charge in [0.15, 0.2) is 0 Å². The molecule has 4 rings (SSSR count). The van der Waals surface area contributed by atoms with Crippen LogP contribution in [0.15, 0.2) is 42.7 Å². The van der Waals surface area contributed by atoms with Crippen molar-refractivity contribution >= 4 is 5.91 Å². The average Bonchev–Trinajstić information content (AvgIpc) is 3.13. The second-order valence-corrected chi connectivity index (χ2v) is 6.81. The lowest BCUT2D eigenvalue weighted by Gasteiger charge is -2.41. The molecule has 2 heterocycles. The number of hydrogen-bond acceptors (Lipinski definition) is 4. The summed E-state index contributed by atoms with van der Waals surface area (Å²) >= 11 is 0. The van der Waals surface area contributed by atoms with Crippen molar-refractivity contribution in [1.82, 2.24) is 14.7 Å². The maximum atomic E-state index is 12.7. The van der Waals surface area contributed by atoms with E-state index < -0.39 is 6.10 Å². The van der Waals surface area contributed by atoms with Crippen molar-refractivity contribution < 1.29 is 9.90 Å². The number of hydrogen-bond donors (Lipinski definition) is 2. The minimum Gasteiger partial charge on any atom is -0.393 e. The van der Waals surface area contributed by atoms with Crippen LogP contribution in [0.2, 0.25) is 0 Å². The maximum Gasteiger partial charge on any atom is 0.223 e. The molecule has 1 aromatic carbocycles. The minimum atomic E-state index is -0.442. The molecule has 1 fully saturated rings. The van der Waals surface area contributed by atoms with Crippen molar-refractivity contribution in [1.29, 1.82) is 0 Å². The maximum absolute atomic E-state index is 12.7. The van der Waals surface area contributed by atoms with E-state index in [-0.39, 0.29) is 23.9 Å². The van der Waals surface area contributed by atoms with Gasteiger partial charge in [-0.05, 0) is 23.6 Å². The predicted molar refractivity (Wildman–Crippen MR) is 88.9 cm³/mol. The summed E-state index contributed by atoms with van der Waals surface area (Å²) in [6.45, 7) is 1.19. The Bertz CT molecular complexity index is 722. The predicted octanol–water partition coefficient (Wildman–Crippen LogP) is 0.913. The third-order valence-corrected chi connectivity index (χ3v) is 5.33. The summed E-state index contributed by atoms with van der Waals surface area (Å²) < 4.78 is 1.90. The average molecular weight is 326 g/mol. The molecule has 0 spiro atoms. The molecule has 126 valence electrons. The number of nitrogens with zero attached hydrogens (tertiary/aromatic N) is 3. The third-order valence-electron chi connectivity index (χ3n) is 5.33. The highest BCUT2D eigenvalue weighted by atomic mass is 16.3. The van der Waals surface area contributed by atoms with Gasteiger partial charge >= 0.3 is 0 Å². The first-order valence-electron chi connectivity index (χ1n) is 8.42. The van der Waals surface area contributed by atoms with Gasteiger partial charge in [-0.1, -0.05) is 24.3 Å². The molecule has 1 amide bonds. The van der Waals surface area contributed by atoms with E-state index in [1.165, 1.54) is 5.56 Å². The first kappa shape index (κ1) is 15.4. The molecule has 1 aliphatic heterocycles. The van der Waals surface area contributed by atoms with Gasteiger partial charge in [-0.25, -0.2) is 0 Å². The first-order chi connectivity index (χ1) is 11.6. The molecule has 0 saturated heterocycles. The molecule has 0 bridgehead atoms. The molecule has 1 aliphatic carbocycles. The van der Waals surface area contributed by atoms with Crippen molar-refractivity contribution in [2.75, 3.05) is 6.54 Å². The van der Waals surface area contributed by atoms with E-state index in [4.69, 9.17) is 5.73 Å². The van der Waals surface area contributed by atoms with Crippen LogP contribution in [-0.4, -0.2) is 44.4 Å². The molecule has 2 aromatic rings. The van der Waals surface area contributed by atoms with Gasteiger partial charge in [0, 0.05) is 43.9 Å². The Balaban J connectivity index is 1.57. The van der Waals surface area contributed by atoms with Crippen LogP contribution in [0.5, 0.6) is 0 Å². The van der Waals surface area contributed by atoms with Crippen LogP contribution >= 0.6 is 0 Å². The van der Waals surface area contributed by atoms with Crippen LogP contribution in [0.4, 0.5) is 0 Å². The van der Waals surface area contributed by atoms with Crippen LogP contribution in [-0.2, 0) is 11.3 Å². The van der Waals surface area contributed by atoms with Crippen molar-refractivity contribution in [3.63, 3.8) is 0 Å². The van der Waals surface area contributed by atoms with E-state index in [1.807, 2.05) is 34.0 Å². The fourth-order valence-corrected chi connectivity index (χ4v) is 3.80. The molecular formula is C18H22N4O2. The molecule has 4 atom stereocenters. The standard InChI is InChI=1S/C18H22N4O2/c19-15-9-17(23)14(15)8-18(24)21-10-12-4-1-2-5-13(12)16(11-21)22-7-3-6-20-22/h1-7,14-17,23H,8-11,19H2/t14-,15+,16?,17-/m0/s1. The Morgan fingerprint density at radius 2 is 2.17 bits per heavy atom. The van der Waals surface area contributed by atoms with E-state index in [0.717, 1.165) is 5.56 Å². The lowest BCUT2D eigenvalue weighted by molar-refractivity contribution is -0.137. The highest BCUT2D eigenvalue weighted by molar-refractivity contribution is 5.77. The van der Waals surface area contributed by atoms with Crippen molar-refractivity contribution in [2.24, 2.45) is 11.7 Å². The van der Waals surface area contributed by atoms with Gasteiger partial charge in [0.25, 0.3) is 0 Å². The largest absolute Gasteiger partial charge is 0.393 e. The number of aliphatic hydroxyl groups is 1. The van der Waals surface area contributed by atoms with Crippen LogP contribution in [0.3, 0.4) is 0 Å². The number of aliphatic hydroxyl groups excluding tert-OH is 1. The summed E-state index contributed by atoms with van der Waals surface area (Å²) in [6, 6.07) is 10.0. The third kappa shape index (κ3) is 2.61. The molecule has 24 heavy (non-hydrogen) atoms. The van der Waals surface area contributed by atoms with Crippen LogP contribution in [0.1, 0.15) is 30.0 Å². The zero-order chi connectivity index (χ0) is 16.7. The van der Waals surface area contributed by atoms with Crippen LogP contribution < -0.4 is 5.73 Å². The summed E-state index contributed by atoms with van der Waals surface area (Å²) in [5.41, 5.74) is 8.29. The Kier molecular flexibility index (Phi) is 3.86. The van der Waals surface area contributed by atoms with E-state index in [1.54, 1.807) is 6.20 Å². The van der Waals surface area contributed by atoms with Gasteiger partial charge < -0.3 is 15.7 Å². The number of carbonyl (C=O) groups is 1. The molecule has 2 aliphatic rings. The summed E-state index contributed by atoms with van der Waals surface area (Å²) in [4.78, 5) is 14.6. The molecule has 6 nitrogen and oxygen atoms in total. The normalized spacial score (nSPS) is 29.0. The van der Waals surface area contributed by atoms with Crippen LogP contribution in [0, 0.1) is 5.92 Å². The minimum absolute atomic E-state index is 0.0221. The molecule has 6 heteroatoms. The van der Waals surface area contributed by atoms with Gasteiger partial charge in [-0.2, -0.15) is 5.10 Å². The quantitative estimate of drug-likeness (QED) is 0.878. The molecule has 1 saturated carbocycles. The van der Waals surface area contributed by atoms with Gasteiger partial charge in [0.05, 0.1) is 12.1 Å². The summed E-state index contributed by atoms with van der Waals surface area (Å²) in [5.74, 6) is -0.0568. The second-order valence-electron chi connectivity index (χ2n) is 6.81. The number of amides is 1. The topological polar surface area (TPSA) is 84.4 Å². The number of carbonyl (C=O) groups excluding carboxylic acids is 1. The summed E-state index contributed by atoms with van der Waals surface area (Å²) in [5, 5.41) is 14.2. The van der Waals surface area contributed by atoms with Gasteiger partial charge in [-0.3, -0.25) is 9.48 Å². The number of rotatable bonds is 3. The highest BCUT2D eigenvalue weighted by Crippen LogP contribution is 2.33. The fraction of sp³-hybridized carbons (Fsp3) is 0.444. The zero-order valence-electron chi connectivity index (χ0n) is 13.5. The zero-order valence-corrected chi connectivity index (χ0v) is 13.5. The molecule has 0 radical (unpaired) electrons. The number of benzene rings is 1. The van der Waals surface area contributed by atoms with Gasteiger partial charge in [-0.15, -0.1) is 0 Å². The summed E-state index contributed by atoms with van der Waals surface area (Å²) in [7, 11) is 0. The van der Waals surface area contributed by atoms with Crippen LogP contribution in [0.25, 0.3) is 0 Å². The Hall–Kier alpha value is -2.18. The van der Waals surface area contributed by atoms with Crippen molar-refractivity contribution in [3.05, 3.63) is 53.9 Å². The first-order valence-corrected chi connectivity index (χ1v) is 8.42. The molecular weight excluding hydrogens is 304 g/mol. The van der Waals surface area contributed by atoms with Crippen molar-refractivity contribution in [3.8, 4) is 0 Å². The fourth-order valence-electron chi connectivity index (χ4n) is 3.80. The SMILES string of the molecule is N[C@@H]1C[C@H](O)[C@H]1CC(=O)N1Cc2ccccc2C(n2cccn2)C1. The molecule has 1 aromatic heterocycles. The van der Waals surface area contributed by atoms with E-state index in [9.17, 15) is 9.90 Å². The second kappa shape index (κ2) is 6.03. The number of fused-ring (bicyclic) bond motifs is 1. The lowest BCUT2D eigenvalue weighted by Crippen LogP contribution is -2.53. The Morgan fingerprint density at radius 1 is 1.33 bits per heavy atom. The number of aromatic nitrogens is 2.